The second-order valence-corrected chi connectivity index (χ2v) is 4.39. The highest BCUT2D eigenvalue weighted by Gasteiger charge is 2.40. The van der Waals surface area contributed by atoms with Gasteiger partial charge in [-0.2, -0.15) is 0 Å². The summed E-state index contributed by atoms with van der Waals surface area (Å²) in [6, 6.07) is 2.74. The highest BCUT2D eigenvalue weighted by molar-refractivity contribution is 5.96. The number of hydrogen-bond donors (Lipinski definition) is 1. The molecule has 2 rings (SSSR count). The van der Waals surface area contributed by atoms with Crippen LogP contribution in [-0.2, 0) is 16.6 Å². The second kappa shape index (κ2) is 4.81. The van der Waals surface area contributed by atoms with E-state index in [0.29, 0.717) is 5.69 Å². The number of β-amino-alcohol motifs (C(OH)–C–C–N with tert-alkyl or cyclic N) is 1. The third-order valence-corrected chi connectivity index (χ3v) is 3.18. The molecule has 1 amide bonds. The molecule has 1 fully saturated rings. The summed E-state index contributed by atoms with van der Waals surface area (Å²) in [6.07, 6.45) is 1.30. The van der Waals surface area contributed by atoms with E-state index in [1.54, 1.807) is 29.9 Å². The van der Waals surface area contributed by atoms with Crippen molar-refractivity contribution in [3.63, 3.8) is 0 Å². The summed E-state index contributed by atoms with van der Waals surface area (Å²) in [5, 5.41) is 9.62. The van der Waals surface area contributed by atoms with Crippen LogP contribution in [0.4, 0.5) is 0 Å². The third kappa shape index (κ3) is 2.11. The highest BCUT2D eigenvalue weighted by atomic mass is 16.5. The van der Waals surface area contributed by atoms with Crippen LogP contribution in [0.25, 0.3) is 0 Å². The van der Waals surface area contributed by atoms with E-state index in [0.717, 1.165) is 0 Å². The van der Waals surface area contributed by atoms with Gasteiger partial charge in [0, 0.05) is 26.2 Å². The van der Waals surface area contributed by atoms with Crippen LogP contribution in [0.3, 0.4) is 0 Å². The van der Waals surface area contributed by atoms with Crippen LogP contribution in [0.15, 0.2) is 18.3 Å². The van der Waals surface area contributed by atoms with Gasteiger partial charge in [-0.05, 0) is 12.1 Å². The fourth-order valence-corrected chi connectivity index (χ4v) is 2.23. The molecular formula is C12H16N2O4. The van der Waals surface area contributed by atoms with Crippen LogP contribution >= 0.6 is 0 Å². The summed E-state index contributed by atoms with van der Waals surface area (Å²) in [5.74, 6) is -0.761. The molecule has 1 aliphatic rings. The van der Waals surface area contributed by atoms with Gasteiger partial charge in [-0.3, -0.25) is 4.79 Å². The Morgan fingerprint density at radius 2 is 2.22 bits per heavy atom. The predicted octanol–water partition coefficient (Wildman–Crippen LogP) is -0.227. The number of ether oxygens (including phenoxy) is 1. The number of aryl methyl sites for hydroxylation is 1. The van der Waals surface area contributed by atoms with Crippen molar-refractivity contribution >= 4 is 11.9 Å². The number of aromatic nitrogens is 1. The number of likely N-dealkylation sites (tertiary alicyclic amines) is 1. The number of carbonyl (C=O) groups is 2. The summed E-state index contributed by atoms with van der Waals surface area (Å²) >= 11 is 0. The van der Waals surface area contributed by atoms with Crippen molar-refractivity contribution in [3.05, 3.63) is 24.0 Å². The van der Waals surface area contributed by atoms with Gasteiger partial charge in [0.25, 0.3) is 5.91 Å². The minimum atomic E-state index is -0.701. The lowest BCUT2D eigenvalue weighted by molar-refractivity contribution is -0.145. The maximum Gasteiger partial charge on any atom is 0.328 e. The molecule has 1 aliphatic heterocycles. The number of aliphatic hydroxyl groups excluding tert-OH is 1. The minimum absolute atomic E-state index is 0.157. The molecule has 6 nitrogen and oxygen atoms in total. The summed E-state index contributed by atoms with van der Waals surface area (Å²) in [5.41, 5.74) is 0.484. The number of amides is 1. The minimum Gasteiger partial charge on any atom is -0.467 e. The van der Waals surface area contributed by atoms with Crippen molar-refractivity contribution < 1.29 is 19.4 Å². The molecule has 0 bridgehead atoms. The average Bonchev–Trinajstić information content (AvgIpc) is 2.93. The SMILES string of the molecule is COC(=O)[C@@H]1C[C@@H](O)CN1C(=O)c1cccn1C. The molecule has 0 spiro atoms. The highest BCUT2D eigenvalue weighted by Crippen LogP contribution is 2.21. The van der Waals surface area contributed by atoms with E-state index < -0.39 is 18.1 Å². The van der Waals surface area contributed by atoms with Crippen molar-refractivity contribution in [2.75, 3.05) is 13.7 Å². The summed E-state index contributed by atoms with van der Waals surface area (Å²) in [4.78, 5) is 25.3. The first kappa shape index (κ1) is 12.6. The molecule has 1 aromatic rings. The Kier molecular flexibility index (Phi) is 3.38. The Balaban J connectivity index is 2.23. The van der Waals surface area contributed by atoms with Gasteiger partial charge in [0.05, 0.1) is 13.2 Å². The molecule has 0 aliphatic carbocycles. The molecule has 1 saturated heterocycles. The van der Waals surface area contributed by atoms with Crippen LogP contribution < -0.4 is 0 Å². The first-order valence-electron chi connectivity index (χ1n) is 5.72. The van der Waals surface area contributed by atoms with Gasteiger partial charge in [-0.25, -0.2) is 4.79 Å². The average molecular weight is 252 g/mol. The van der Waals surface area contributed by atoms with E-state index in [1.165, 1.54) is 12.0 Å². The van der Waals surface area contributed by atoms with Gasteiger partial charge in [0.15, 0.2) is 0 Å². The lowest BCUT2D eigenvalue weighted by Crippen LogP contribution is -2.41. The van der Waals surface area contributed by atoms with Crippen molar-refractivity contribution in [1.29, 1.82) is 0 Å². The Morgan fingerprint density at radius 1 is 1.50 bits per heavy atom. The molecule has 0 radical (unpaired) electrons. The van der Waals surface area contributed by atoms with Gasteiger partial charge < -0.3 is 19.3 Å². The van der Waals surface area contributed by atoms with E-state index >= 15 is 0 Å². The zero-order valence-electron chi connectivity index (χ0n) is 10.4. The number of rotatable bonds is 2. The molecule has 1 aromatic heterocycles. The van der Waals surface area contributed by atoms with Crippen molar-refractivity contribution in [1.82, 2.24) is 9.47 Å². The topological polar surface area (TPSA) is 71.8 Å². The molecule has 2 atom stereocenters. The Hall–Kier alpha value is -1.82. The van der Waals surface area contributed by atoms with Gasteiger partial charge in [0.2, 0.25) is 0 Å². The molecule has 0 unspecified atom stereocenters. The first-order chi connectivity index (χ1) is 8.54. The van der Waals surface area contributed by atoms with Crippen LogP contribution in [-0.4, -0.2) is 52.3 Å². The Bertz CT molecular complexity index is 468. The van der Waals surface area contributed by atoms with Gasteiger partial charge in [0.1, 0.15) is 11.7 Å². The monoisotopic (exact) mass is 252 g/mol. The second-order valence-electron chi connectivity index (χ2n) is 4.39. The fraction of sp³-hybridized carbons (Fsp3) is 0.500. The summed E-state index contributed by atoms with van der Waals surface area (Å²) in [7, 11) is 3.03. The van der Waals surface area contributed by atoms with E-state index in [-0.39, 0.29) is 18.9 Å². The maximum absolute atomic E-state index is 12.3. The largest absolute Gasteiger partial charge is 0.467 e. The van der Waals surface area contributed by atoms with E-state index in [9.17, 15) is 14.7 Å². The normalized spacial score (nSPS) is 23.2. The third-order valence-electron chi connectivity index (χ3n) is 3.18. The molecular weight excluding hydrogens is 236 g/mol. The Morgan fingerprint density at radius 3 is 2.78 bits per heavy atom. The molecule has 98 valence electrons. The fourth-order valence-electron chi connectivity index (χ4n) is 2.23. The Labute approximate surface area is 105 Å². The molecule has 0 aromatic carbocycles. The van der Waals surface area contributed by atoms with Gasteiger partial charge in [-0.1, -0.05) is 0 Å². The first-order valence-corrected chi connectivity index (χ1v) is 5.72. The van der Waals surface area contributed by atoms with Crippen LogP contribution in [0.5, 0.6) is 0 Å². The quantitative estimate of drug-likeness (QED) is 0.738. The summed E-state index contributed by atoms with van der Waals surface area (Å²) < 4.78 is 6.34. The molecule has 18 heavy (non-hydrogen) atoms. The van der Waals surface area contributed by atoms with Crippen molar-refractivity contribution in [2.45, 2.75) is 18.6 Å². The zero-order valence-corrected chi connectivity index (χ0v) is 10.4. The van der Waals surface area contributed by atoms with E-state index in [4.69, 9.17) is 0 Å². The number of hydrogen-bond acceptors (Lipinski definition) is 4. The zero-order chi connectivity index (χ0) is 13.3. The molecule has 1 N–H and O–H groups in total. The summed E-state index contributed by atoms with van der Waals surface area (Å²) in [6.45, 7) is 0.157. The van der Waals surface area contributed by atoms with E-state index in [2.05, 4.69) is 4.74 Å². The lowest BCUT2D eigenvalue weighted by Gasteiger charge is -2.22. The number of nitrogens with zero attached hydrogens (tertiary/aromatic N) is 2. The number of carbonyl (C=O) groups excluding carboxylic acids is 2. The number of aliphatic hydroxyl groups is 1. The van der Waals surface area contributed by atoms with Crippen LogP contribution in [0.2, 0.25) is 0 Å². The molecule has 2 heterocycles. The number of methoxy groups -OCH3 is 1. The lowest BCUT2D eigenvalue weighted by atomic mass is 10.2. The smallest absolute Gasteiger partial charge is 0.328 e. The van der Waals surface area contributed by atoms with E-state index in [1.807, 2.05) is 0 Å². The molecule has 6 heteroatoms. The van der Waals surface area contributed by atoms with Crippen molar-refractivity contribution in [3.8, 4) is 0 Å². The standard InChI is InChI=1S/C12H16N2O4/c1-13-5-3-4-9(13)11(16)14-7-8(15)6-10(14)12(17)18-2/h3-5,8,10,15H,6-7H2,1-2H3/t8-,10+/m1/s1. The maximum atomic E-state index is 12.3. The van der Waals surface area contributed by atoms with Crippen molar-refractivity contribution in [2.24, 2.45) is 7.05 Å². The van der Waals surface area contributed by atoms with Gasteiger partial charge in [-0.15, -0.1) is 0 Å². The predicted molar refractivity (Wildman–Crippen MR) is 62.9 cm³/mol. The van der Waals surface area contributed by atoms with Crippen LogP contribution in [0.1, 0.15) is 16.9 Å². The molecule has 0 saturated carbocycles. The number of esters is 1. The van der Waals surface area contributed by atoms with Gasteiger partial charge >= 0.3 is 5.97 Å². The van der Waals surface area contributed by atoms with Crippen LogP contribution in [0, 0.1) is 0 Å².